The van der Waals surface area contributed by atoms with E-state index in [1.54, 1.807) is 0 Å². The highest BCUT2D eigenvalue weighted by Crippen LogP contribution is 2.07. The molecular weight excluding hydrogens is 208 g/mol. The Morgan fingerprint density at radius 1 is 0.824 bits per heavy atom. The molecule has 0 bridgehead atoms. The summed E-state index contributed by atoms with van der Waals surface area (Å²) in [6.45, 7) is 8.62. The van der Waals surface area contributed by atoms with Crippen LogP contribution in [0, 0.1) is 0 Å². The lowest BCUT2D eigenvalue weighted by Gasteiger charge is -2.26. The molecule has 1 N–H and O–H groups in total. The molecule has 1 rings (SSSR count). The van der Waals surface area contributed by atoms with Crippen LogP contribution in [0.1, 0.15) is 64.7 Å². The van der Waals surface area contributed by atoms with Gasteiger partial charge in [0, 0.05) is 13.1 Å². The quantitative estimate of drug-likeness (QED) is 0.589. The van der Waals surface area contributed by atoms with E-state index in [0.29, 0.717) is 0 Å². The molecule has 0 aromatic heterocycles. The third-order valence-corrected chi connectivity index (χ3v) is 3.76. The highest BCUT2D eigenvalue weighted by molar-refractivity contribution is 4.65. The summed E-state index contributed by atoms with van der Waals surface area (Å²) in [6.07, 6.45) is 12.7. The van der Waals surface area contributed by atoms with Crippen LogP contribution in [-0.4, -0.2) is 37.6 Å². The first-order valence-electron chi connectivity index (χ1n) is 7.86. The molecule has 1 aliphatic heterocycles. The van der Waals surface area contributed by atoms with Gasteiger partial charge >= 0.3 is 0 Å². The predicted octanol–water partition coefficient (Wildman–Crippen LogP) is 3.42. The van der Waals surface area contributed by atoms with Crippen molar-refractivity contribution in [1.82, 2.24) is 10.2 Å². The maximum Gasteiger partial charge on any atom is 0.0107 e. The van der Waals surface area contributed by atoms with Crippen LogP contribution in [0.3, 0.4) is 0 Å². The van der Waals surface area contributed by atoms with Gasteiger partial charge in [0.05, 0.1) is 0 Å². The molecule has 0 aromatic carbocycles. The Morgan fingerprint density at radius 2 is 1.53 bits per heavy atom. The number of piperidine rings is 1. The third-order valence-electron chi connectivity index (χ3n) is 3.76. The second-order valence-corrected chi connectivity index (χ2v) is 5.42. The van der Waals surface area contributed by atoms with Gasteiger partial charge in [-0.05, 0) is 38.9 Å². The zero-order valence-corrected chi connectivity index (χ0v) is 11.8. The van der Waals surface area contributed by atoms with Crippen LogP contribution in [-0.2, 0) is 0 Å². The fourth-order valence-corrected chi connectivity index (χ4v) is 2.58. The van der Waals surface area contributed by atoms with Gasteiger partial charge < -0.3 is 10.2 Å². The summed E-state index contributed by atoms with van der Waals surface area (Å²) in [4.78, 5) is 2.61. The largest absolute Gasteiger partial charge is 0.315 e. The second kappa shape index (κ2) is 11.0. The number of hydrogen-bond donors (Lipinski definition) is 1. The van der Waals surface area contributed by atoms with Crippen LogP contribution in [0.25, 0.3) is 0 Å². The Bertz CT molecular complexity index is 153. The lowest BCUT2D eigenvalue weighted by atomic mass is 10.1. The van der Waals surface area contributed by atoms with Crippen LogP contribution >= 0.6 is 0 Å². The van der Waals surface area contributed by atoms with Crippen molar-refractivity contribution < 1.29 is 0 Å². The van der Waals surface area contributed by atoms with Crippen molar-refractivity contribution in [2.45, 2.75) is 64.7 Å². The van der Waals surface area contributed by atoms with E-state index in [2.05, 4.69) is 17.1 Å². The van der Waals surface area contributed by atoms with E-state index >= 15 is 0 Å². The first-order chi connectivity index (χ1) is 8.43. The summed E-state index contributed by atoms with van der Waals surface area (Å²) >= 11 is 0. The smallest absolute Gasteiger partial charge is 0.0107 e. The number of unbranched alkanes of at least 4 members (excludes halogenated alkanes) is 5. The van der Waals surface area contributed by atoms with Gasteiger partial charge in [0.15, 0.2) is 0 Å². The first-order valence-corrected chi connectivity index (χ1v) is 7.86. The summed E-state index contributed by atoms with van der Waals surface area (Å²) in [6, 6.07) is 0. The van der Waals surface area contributed by atoms with Gasteiger partial charge in [-0.25, -0.2) is 0 Å². The maximum atomic E-state index is 3.58. The molecule has 0 radical (unpaired) electrons. The van der Waals surface area contributed by atoms with Crippen molar-refractivity contribution in [3.8, 4) is 0 Å². The van der Waals surface area contributed by atoms with E-state index < -0.39 is 0 Å². The normalized spacial score (nSPS) is 17.5. The van der Waals surface area contributed by atoms with Crippen LogP contribution < -0.4 is 5.32 Å². The zero-order chi connectivity index (χ0) is 12.2. The van der Waals surface area contributed by atoms with Crippen molar-refractivity contribution >= 4 is 0 Å². The minimum atomic E-state index is 1.19. The minimum Gasteiger partial charge on any atom is -0.315 e. The predicted molar refractivity (Wildman–Crippen MR) is 76.5 cm³/mol. The molecule has 0 aromatic rings. The summed E-state index contributed by atoms with van der Waals surface area (Å²) in [5.74, 6) is 0. The molecule has 1 saturated heterocycles. The molecule has 0 amide bonds. The number of rotatable bonds is 10. The van der Waals surface area contributed by atoms with Gasteiger partial charge in [0.2, 0.25) is 0 Å². The van der Waals surface area contributed by atoms with Gasteiger partial charge in [-0.3, -0.25) is 0 Å². The van der Waals surface area contributed by atoms with Crippen molar-refractivity contribution in [2.75, 3.05) is 32.7 Å². The maximum absolute atomic E-state index is 3.58. The Balaban J connectivity index is 1.75. The van der Waals surface area contributed by atoms with Gasteiger partial charge in [-0.2, -0.15) is 0 Å². The minimum absolute atomic E-state index is 1.19. The van der Waals surface area contributed by atoms with E-state index in [1.807, 2.05) is 0 Å². The molecule has 102 valence electrons. The lowest BCUT2D eigenvalue weighted by Crippen LogP contribution is -2.36. The Labute approximate surface area is 108 Å². The molecule has 2 heteroatoms. The molecule has 17 heavy (non-hydrogen) atoms. The van der Waals surface area contributed by atoms with E-state index in [4.69, 9.17) is 0 Å². The van der Waals surface area contributed by atoms with E-state index in [9.17, 15) is 0 Å². The van der Waals surface area contributed by atoms with Crippen molar-refractivity contribution in [3.63, 3.8) is 0 Å². The van der Waals surface area contributed by atoms with Crippen LogP contribution in [0.5, 0.6) is 0 Å². The number of nitrogens with zero attached hydrogens (tertiary/aromatic N) is 1. The Kier molecular flexibility index (Phi) is 9.72. The summed E-state index contributed by atoms with van der Waals surface area (Å²) in [5, 5.41) is 3.58. The van der Waals surface area contributed by atoms with Crippen molar-refractivity contribution in [3.05, 3.63) is 0 Å². The third kappa shape index (κ3) is 8.62. The average Bonchev–Trinajstić information content (AvgIpc) is 2.38. The van der Waals surface area contributed by atoms with Crippen LogP contribution in [0.2, 0.25) is 0 Å². The van der Waals surface area contributed by atoms with E-state index in [-0.39, 0.29) is 0 Å². The summed E-state index contributed by atoms with van der Waals surface area (Å²) in [7, 11) is 0. The van der Waals surface area contributed by atoms with Crippen molar-refractivity contribution in [1.29, 1.82) is 0 Å². The van der Waals surface area contributed by atoms with Crippen LogP contribution in [0.15, 0.2) is 0 Å². The molecule has 0 atom stereocenters. The lowest BCUT2D eigenvalue weighted by molar-refractivity contribution is 0.229. The standard InChI is InChI=1S/C15H32N2/c1-2-3-4-5-6-8-11-16-12-15-17-13-9-7-10-14-17/h16H,2-15H2,1H3. The van der Waals surface area contributed by atoms with Gasteiger partial charge in [-0.1, -0.05) is 45.4 Å². The number of hydrogen-bond acceptors (Lipinski definition) is 2. The molecule has 1 fully saturated rings. The molecule has 1 heterocycles. The molecule has 0 unspecified atom stereocenters. The SMILES string of the molecule is CCCCCCCCNCCN1CCCCC1. The second-order valence-electron chi connectivity index (χ2n) is 5.42. The van der Waals surface area contributed by atoms with E-state index in [0.717, 1.165) is 0 Å². The molecule has 0 spiro atoms. The molecule has 0 saturated carbocycles. The topological polar surface area (TPSA) is 15.3 Å². The highest BCUT2D eigenvalue weighted by atomic mass is 15.1. The first kappa shape index (κ1) is 15.0. The molecule has 1 aliphatic rings. The van der Waals surface area contributed by atoms with Crippen molar-refractivity contribution in [2.24, 2.45) is 0 Å². The molecule has 2 nitrogen and oxygen atoms in total. The fraction of sp³-hybridized carbons (Fsp3) is 1.00. The fourth-order valence-electron chi connectivity index (χ4n) is 2.58. The Hall–Kier alpha value is -0.0800. The number of likely N-dealkylation sites (tertiary alicyclic amines) is 1. The Morgan fingerprint density at radius 3 is 2.29 bits per heavy atom. The molecule has 0 aliphatic carbocycles. The average molecular weight is 240 g/mol. The summed E-state index contributed by atoms with van der Waals surface area (Å²) < 4.78 is 0. The highest BCUT2D eigenvalue weighted by Gasteiger charge is 2.08. The number of nitrogens with one attached hydrogen (secondary N) is 1. The zero-order valence-electron chi connectivity index (χ0n) is 11.8. The monoisotopic (exact) mass is 240 g/mol. The summed E-state index contributed by atoms with van der Waals surface area (Å²) in [5.41, 5.74) is 0. The van der Waals surface area contributed by atoms with Gasteiger partial charge in [0.1, 0.15) is 0 Å². The van der Waals surface area contributed by atoms with Crippen LogP contribution in [0.4, 0.5) is 0 Å². The molecular formula is C15H32N2. The van der Waals surface area contributed by atoms with Gasteiger partial charge in [-0.15, -0.1) is 0 Å². The van der Waals surface area contributed by atoms with Gasteiger partial charge in [0.25, 0.3) is 0 Å². The van der Waals surface area contributed by atoms with E-state index in [1.165, 1.54) is 90.5 Å².